The maximum Gasteiger partial charge on any atom is 0.490 e. The number of carbonyl (C=O) groups excluding carboxylic acids is 1. The number of nitrogens with zero attached hydrogens (tertiary/aromatic N) is 4. The maximum absolute atomic E-state index is 13.9. The lowest BCUT2D eigenvalue weighted by molar-refractivity contribution is -0.192. The summed E-state index contributed by atoms with van der Waals surface area (Å²) >= 11 is 0. The first-order valence-electron chi connectivity index (χ1n) is 12.4. The van der Waals surface area contributed by atoms with E-state index < -0.39 is 23.8 Å². The number of hydrogen-bond acceptors (Lipinski definition) is 6. The molecule has 9 nitrogen and oxygen atoms in total. The molecular weight excluding hydrogens is 541 g/mol. The molecule has 5 rings (SSSR count). The second kappa shape index (κ2) is 12.4. The van der Waals surface area contributed by atoms with E-state index in [9.17, 15) is 26.7 Å². The van der Waals surface area contributed by atoms with E-state index in [1.807, 2.05) is 16.8 Å². The Morgan fingerprint density at radius 3 is 2.27 bits per heavy atom. The van der Waals surface area contributed by atoms with E-state index in [1.54, 1.807) is 12.4 Å². The Morgan fingerprint density at radius 1 is 1.05 bits per heavy atom. The second-order valence-corrected chi connectivity index (χ2v) is 9.30. The van der Waals surface area contributed by atoms with Crippen molar-refractivity contribution in [2.24, 2.45) is 5.92 Å². The minimum atomic E-state index is -5.08. The van der Waals surface area contributed by atoms with Crippen LogP contribution in [0.1, 0.15) is 28.9 Å². The largest absolute Gasteiger partial charge is 0.490 e. The van der Waals surface area contributed by atoms with Gasteiger partial charge in [0.05, 0.1) is 13.2 Å². The van der Waals surface area contributed by atoms with Crippen LogP contribution in [0.3, 0.4) is 0 Å². The van der Waals surface area contributed by atoms with Crippen molar-refractivity contribution in [3.8, 4) is 11.1 Å². The molecule has 14 heteroatoms. The molecule has 1 aliphatic heterocycles. The van der Waals surface area contributed by atoms with E-state index in [-0.39, 0.29) is 18.0 Å². The molecule has 0 atom stereocenters. The molecule has 40 heavy (non-hydrogen) atoms. The summed E-state index contributed by atoms with van der Waals surface area (Å²) in [6.45, 7) is 3.57. The van der Waals surface area contributed by atoms with Gasteiger partial charge in [-0.05, 0) is 30.9 Å². The Balaban J connectivity index is 0.000000470. The second-order valence-electron chi connectivity index (χ2n) is 9.30. The zero-order chi connectivity index (χ0) is 28.9. The number of morpholine rings is 1. The highest BCUT2D eigenvalue weighted by molar-refractivity contribution is 5.94. The molecule has 1 aromatic carbocycles. The van der Waals surface area contributed by atoms with E-state index in [1.165, 1.54) is 12.1 Å². The minimum Gasteiger partial charge on any atom is -0.475 e. The van der Waals surface area contributed by atoms with Crippen molar-refractivity contribution in [2.45, 2.75) is 32.1 Å². The number of halogens is 5. The molecule has 0 bridgehead atoms. The summed E-state index contributed by atoms with van der Waals surface area (Å²) in [6.07, 6.45) is 2.69. The predicted molar refractivity (Wildman–Crippen MR) is 132 cm³/mol. The standard InChI is InChI=1S/C24H25F2N5O2.C2HF3O2/c25-20-4-3-17(21(26)10-20)11-27-23(32)22-9-18(15-31(22)14-16-1-2-16)19-12-28-24(29-13-19)30-5-7-33-8-6-30;3-2(4,5)1(6)7/h3-4,9-10,12-13,15-16H,1-2,5-8,11,14H2,(H,27,32);(H,6,7). The Morgan fingerprint density at radius 2 is 1.70 bits per heavy atom. The SMILES string of the molecule is O=C(NCc1ccc(F)cc1F)c1cc(-c2cnc(N3CCOCC3)nc2)cn1CC1CC1.O=C(O)C(F)(F)F. The minimum absolute atomic E-state index is 0.0216. The lowest BCUT2D eigenvalue weighted by Crippen LogP contribution is -2.37. The van der Waals surface area contributed by atoms with Crippen LogP contribution < -0.4 is 10.2 Å². The molecule has 2 fully saturated rings. The number of nitrogens with one attached hydrogen (secondary N) is 1. The number of aliphatic carboxylic acids is 1. The Hall–Kier alpha value is -4.07. The van der Waals surface area contributed by atoms with Gasteiger partial charge >= 0.3 is 12.1 Å². The summed E-state index contributed by atoms with van der Waals surface area (Å²) in [5.74, 6) is -3.16. The van der Waals surface area contributed by atoms with E-state index in [0.29, 0.717) is 30.8 Å². The summed E-state index contributed by atoms with van der Waals surface area (Å²) in [7, 11) is 0. The van der Waals surface area contributed by atoms with Crippen molar-refractivity contribution in [1.82, 2.24) is 19.9 Å². The lowest BCUT2D eigenvalue weighted by Gasteiger charge is -2.26. The van der Waals surface area contributed by atoms with Crippen LogP contribution in [-0.4, -0.2) is 64.0 Å². The summed E-state index contributed by atoms with van der Waals surface area (Å²) in [5, 5.41) is 9.88. The van der Waals surface area contributed by atoms with Crippen molar-refractivity contribution in [3.63, 3.8) is 0 Å². The molecule has 0 spiro atoms. The van der Waals surface area contributed by atoms with Crippen LogP contribution in [-0.2, 0) is 22.6 Å². The van der Waals surface area contributed by atoms with E-state index in [4.69, 9.17) is 14.6 Å². The van der Waals surface area contributed by atoms with E-state index in [0.717, 1.165) is 49.7 Å². The van der Waals surface area contributed by atoms with Crippen molar-refractivity contribution < 1.29 is 41.4 Å². The van der Waals surface area contributed by atoms with Gasteiger partial charge in [-0.3, -0.25) is 4.79 Å². The van der Waals surface area contributed by atoms with Gasteiger partial charge in [-0.25, -0.2) is 23.5 Å². The van der Waals surface area contributed by atoms with E-state index in [2.05, 4.69) is 20.2 Å². The third-order valence-corrected chi connectivity index (χ3v) is 6.24. The van der Waals surface area contributed by atoms with Gasteiger partial charge in [0.25, 0.3) is 5.91 Å². The summed E-state index contributed by atoms with van der Waals surface area (Å²) in [4.78, 5) is 32.9. The molecule has 2 aromatic heterocycles. The van der Waals surface area contributed by atoms with Gasteiger partial charge < -0.3 is 24.6 Å². The molecule has 0 unspecified atom stereocenters. The number of amides is 1. The number of carbonyl (C=O) groups is 2. The molecule has 3 heterocycles. The molecular formula is C26H26F5N5O4. The highest BCUT2D eigenvalue weighted by atomic mass is 19.4. The van der Waals surface area contributed by atoms with Crippen LogP contribution in [0.2, 0.25) is 0 Å². The van der Waals surface area contributed by atoms with Crippen LogP contribution in [0.4, 0.5) is 27.9 Å². The fourth-order valence-electron chi connectivity index (χ4n) is 3.92. The third kappa shape index (κ3) is 7.74. The molecule has 214 valence electrons. The Kier molecular flexibility index (Phi) is 8.97. The Bertz CT molecular complexity index is 1340. The number of aromatic nitrogens is 3. The Labute approximate surface area is 225 Å². The zero-order valence-corrected chi connectivity index (χ0v) is 21.1. The number of ether oxygens (including phenoxy) is 1. The number of hydrogen-bond donors (Lipinski definition) is 2. The first kappa shape index (κ1) is 28.9. The molecule has 1 aliphatic carbocycles. The number of rotatable bonds is 7. The number of carboxylic acids is 1. The van der Waals surface area contributed by atoms with Gasteiger partial charge in [0, 0.05) is 67.5 Å². The number of benzene rings is 1. The van der Waals surface area contributed by atoms with Crippen LogP contribution >= 0.6 is 0 Å². The molecule has 0 radical (unpaired) electrons. The van der Waals surface area contributed by atoms with Gasteiger partial charge in [0.15, 0.2) is 0 Å². The summed E-state index contributed by atoms with van der Waals surface area (Å²) in [6, 6.07) is 5.15. The fraction of sp³-hybridized carbons (Fsp3) is 0.385. The van der Waals surface area contributed by atoms with Gasteiger partial charge in [0.1, 0.15) is 17.3 Å². The lowest BCUT2D eigenvalue weighted by atomic mass is 10.2. The third-order valence-electron chi connectivity index (χ3n) is 6.24. The molecule has 1 amide bonds. The highest BCUT2D eigenvalue weighted by Crippen LogP contribution is 2.32. The van der Waals surface area contributed by atoms with E-state index >= 15 is 0 Å². The first-order chi connectivity index (χ1) is 19.0. The fourth-order valence-corrected chi connectivity index (χ4v) is 3.92. The number of anilines is 1. The molecule has 1 saturated heterocycles. The maximum atomic E-state index is 13.9. The number of carboxylic acid groups (broad SMARTS) is 1. The summed E-state index contributed by atoms with van der Waals surface area (Å²) < 4.78 is 66.1. The van der Waals surface area contributed by atoms with Crippen LogP contribution in [0.25, 0.3) is 11.1 Å². The average molecular weight is 568 g/mol. The topological polar surface area (TPSA) is 110 Å². The van der Waals surface area contributed by atoms with Crippen LogP contribution in [0.15, 0.2) is 42.9 Å². The first-order valence-corrected chi connectivity index (χ1v) is 12.4. The monoisotopic (exact) mass is 567 g/mol. The van der Waals surface area contributed by atoms with Crippen molar-refractivity contribution in [3.05, 3.63) is 65.7 Å². The molecule has 1 saturated carbocycles. The zero-order valence-electron chi connectivity index (χ0n) is 21.1. The number of alkyl halides is 3. The van der Waals surface area contributed by atoms with Gasteiger partial charge in [-0.1, -0.05) is 6.07 Å². The van der Waals surface area contributed by atoms with Crippen molar-refractivity contribution in [2.75, 3.05) is 31.2 Å². The van der Waals surface area contributed by atoms with Crippen molar-refractivity contribution in [1.29, 1.82) is 0 Å². The van der Waals surface area contributed by atoms with Crippen LogP contribution in [0, 0.1) is 17.6 Å². The highest BCUT2D eigenvalue weighted by Gasteiger charge is 2.38. The predicted octanol–water partition coefficient (Wildman–Crippen LogP) is 4.03. The van der Waals surface area contributed by atoms with Gasteiger partial charge in [-0.15, -0.1) is 0 Å². The smallest absolute Gasteiger partial charge is 0.475 e. The average Bonchev–Trinajstić information content (AvgIpc) is 3.64. The summed E-state index contributed by atoms with van der Waals surface area (Å²) in [5.41, 5.74) is 2.40. The van der Waals surface area contributed by atoms with Crippen LogP contribution in [0.5, 0.6) is 0 Å². The molecule has 2 N–H and O–H groups in total. The van der Waals surface area contributed by atoms with Crippen molar-refractivity contribution >= 4 is 17.8 Å². The molecule has 3 aromatic rings. The molecule has 2 aliphatic rings. The normalized spacial score (nSPS) is 15.3. The quantitative estimate of drug-likeness (QED) is 0.415. The van der Waals surface area contributed by atoms with Gasteiger partial charge in [0.2, 0.25) is 5.95 Å². The van der Waals surface area contributed by atoms with Gasteiger partial charge in [-0.2, -0.15) is 13.2 Å².